The summed E-state index contributed by atoms with van der Waals surface area (Å²) in [5, 5.41) is 4.51. The molecule has 0 unspecified atom stereocenters. The summed E-state index contributed by atoms with van der Waals surface area (Å²) in [4.78, 5) is 4.86. The molecule has 1 aromatic carbocycles. The van der Waals surface area contributed by atoms with Gasteiger partial charge in [0, 0.05) is 18.9 Å². The van der Waals surface area contributed by atoms with Gasteiger partial charge in [0.15, 0.2) is 5.82 Å². The number of hydrogen-bond acceptors (Lipinski definition) is 5. The summed E-state index contributed by atoms with van der Waals surface area (Å²) in [6.45, 7) is 6.83. The van der Waals surface area contributed by atoms with Crippen molar-refractivity contribution in [2.75, 3.05) is 0 Å². The molecule has 8 heteroatoms. The number of ether oxygens (including phenoxy) is 1. The molecule has 0 spiro atoms. The molecule has 0 aliphatic carbocycles. The summed E-state index contributed by atoms with van der Waals surface area (Å²) >= 11 is 0. The van der Waals surface area contributed by atoms with E-state index in [1.165, 1.54) is 0 Å². The fourth-order valence-corrected chi connectivity index (χ4v) is 4.82. The zero-order valence-electron chi connectivity index (χ0n) is 15.3. The minimum atomic E-state index is -3.64. The standard InChI is InChI=1S/C18H24N4O3S/c1-11(2)17-19-18-15(5-4-8-22(18)20-17)21-26(23,24)14-6-7-16-13(10-14)9-12(3)25-16/h6-7,10-12,15,21H,4-5,8-9H2,1-3H3/t12-,15+/m0/s1. The quantitative estimate of drug-likeness (QED) is 0.886. The van der Waals surface area contributed by atoms with Gasteiger partial charge in [0.1, 0.15) is 17.7 Å². The van der Waals surface area contributed by atoms with Gasteiger partial charge in [-0.2, -0.15) is 5.10 Å². The summed E-state index contributed by atoms with van der Waals surface area (Å²) in [7, 11) is -3.64. The lowest BCUT2D eigenvalue weighted by atomic mass is 10.1. The van der Waals surface area contributed by atoms with Crippen molar-refractivity contribution in [3.05, 3.63) is 35.4 Å². The molecule has 2 aliphatic rings. The first kappa shape index (κ1) is 17.5. The van der Waals surface area contributed by atoms with Crippen LogP contribution in [0, 0.1) is 0 Å². The molecule has 0 amide bonds. The number of sulfonamides is 1. The first-order valence-electron chi connectivity index (χ1n) is 9.10. The summed E-state index contributed by atoms with van der Waals surface area (Å²) in [5.41, 5.74) is 0.939. The molecule has 0 bridgehead atoms. The number of fused-ring (bicyclic) bond motifs is 2. The van der Waals surface area contributed by atoms with Crippen LogP contribution in [-0.2, 0) is 23.0 Å². The predicted octanol–water partition coefficient (Wildman–Crippen LogP) is 2.54. The average Bonchev–Trinajstić information content (AvgIpc) is 3.16. The van der Waals surface area contributed by atoms with Crippen molar-refractivity contribution in [1.82, 2.24) is 19.5 Å². The van der Waals surface area contributed by atoms with Crippen molar-refractivity contribution in [1.29, 1.82) is 0 Å². The van der Waals surface area contributed by atoms with Crippen LogP contribution in [0.1, 0.15) is 62.8 Å². The van der Waals surface area contributed by atoms with Crippen LogP contribution >= 0.6 is 0 Å². The maximum atomic E-state index is 12.9. The van der Waals surface area contributed by atoms with Crippen LogP contribution in [0.3, 0.4) is 0 Å². The minimum Gasteiger partial charge on any atom is -0.490 e. The molecule has 0 fully saturated rings. The highest BCUT2D eigenvalue weighted by atomic mass is 32.2. The molecule has 140 valence electrons. The van der Waals surface area contributed by atoms with Crippen LogP contribution in [-0.4, -0.2) is 29.3 Å². The van der Waals surface area contributed by atoms with Crippen LogP contribution in [0.5, 0.6) is 5.75 Å². The Hall–Kier alpha value is -1.93. The van der Waals surface area contributed by atoms with E-state index in [4.69, 9.17) is 4.74 Å². The van der Waals surface area contributed by atoms with Gasteiger partial charge in [0.05, 0.1) is 10.9 Å². The molecule has 0 radical (unpaired) electrons. The van der Waals surface area contributed by atoms with Gasteiger partial charge < -0.3 is 4.74 Å². The Morgan fingerprint density at radius 2 is 2.15 bits per heavy atom. The van der Waals surface area contributed by atoms with Crippen LogP contribution in [0.15, 0.2) is 23.1 Å². The first-order chi connectivity index (χ1) is 12.3. The van der Waals surface area contributed by atoms with Crippen LogP contribution < -0.4 is 9.46 Å². The molecule has 4 rings (SSSR count). The molecule has 26 heavy (non-hydrogen) atoms. The number of hydrogen-bond donors (Lipinski definition) is 1. The number of nitrogens with one attached hydrogen (secondary N) is 1. The molecule has 1 aromatic heterocycles. The number of rotatable bonds is 4. The smallest absolute Gasteiger partial charge is 0.241 e. The third-order valence-corrected chi connectivity index (χ3v) is 6.35. The Morgan fingerprint density at radius 3 is 2.92 bits per heavy atom. The summed E-state index contributed by atoms with van der Waals surface area (Å²) < 4.78 is 36.2. The van der Waals surface area contributed by atoms with E-state index in [1.807, 2.05) is 25.5 Å². The fourth-order valence-electron chi connectivity index (χ4n) is 3.55. The molecular formula is C18H24N4O3S. The Balaban J connectivity index is 1.61. The molecule has 2 aliphatic heterocycles. The number of aromatic nitrogens is 3. The second-order valence-corrected chi connectivity index (χ2v) is 9.14. The predicted molar refractivity (Wildman–Crippen MR) is 96.6 cm³/mol. The van der Waals surface area contributed by atoms with Gasteiger partial charge in [0.25, 0.3) is 0 Å². The highest BCUT2D eigenvalue weighted by Crippen LogP contribution is 2.32. The third kappa shape index (κ3) is 3.12. The van der Waals surface area contributed by atoms with Crippen molar-refractivity contribution in [2.45, 2.75) is 69.5 Å². The van der Waals surface area contributed by atoms with Crippen molar-refractivity contribution >= 4 is 10.0 Å². The highest BCUT2D eigenvalue weighted by molar-refractivity contribution is 7.89. The summed E-state index contributed by atoms with van der Waals surface area (Å²) in [6.07, 6.45) is 2.41. The van der Waals surface area contributed by atoms with E-state index in [0.29, 0.717) is 5.82 Å². The average molecular weight is 376 g/mol. The molecule has 3 heterocycles. The second-order valence-electron chi connectivity index (χ2n) is 7.42. The van der Waals surface area contributed by atoms with Gasteiger partial charge in [-0.25, -0.2) is 22.8 Å². The monoisotopic (exact) mass is 376 g/mol. The lowest BCUT2D eigenvalue weighted by Gasteiger charge is -2.23. The van der Waals surface area contributed by atoms with Crippen molar-refractivity contribution < 1.29 is 13.2 Å². The molecule has 1 N–H and O–H groups in total. The molecule has 0 saturated heterocycles. The Morgan fingerprint density at radius 1 is 1.35 bits per heavy atom. The van der Waals surface area contributed by atoms with Crippen molar-refractivity contribution in [3.8, 4) is 5.75 Å². The van der Waals surface area contributed by atoms with Crippen LogP contribution in [0.2, 0.25) is 0 Å². The van der Waals surface area contributed by atoms with Crippen LogP contribution in [0.25, 0.3) is 0 Å². The van der Waals surface area contributed by atoms with Gasteiger partial charge in [-0.05, 0) is 43.5 Å². The molecule has 2 atom stereocenters. The molecule has 0 saturated carbocycles. The molecule has 2 aromatic rings. The Labute approximate surface area is 153 Å². The van der Waals surface area contributed by atoms with Crippen molar-refractivity contribution in [3.63, 3.8) is 0 Å². The lowest BCUT2D eigenvalue weighted by molar-refractivity contribution is 0.254. The lowest BCUT2D eigenvalue weighted by Crippen LogP contribution is -2.33. The maximum absolute atomic E-state index is 12.9. The number of benzene rings is 1. The Bertz CT molecular complexity index is 936. The van der Waals surface area contributed by atoms with E-state index in [1.54, 1.807) is 18.2 Å². The normalized spacial score (nSPS) is 22.2. The fraction of sp³-hybridized carbons (Fsp3) is 0.556. The van der Waals surface area contributed by atoms with Gasteiger partial charge in [-0.3, -0.25) is 0 Å². The van der Waals surface area contributed by atoms with Gasteiger partial charge in [-0.1, -0.05) is 13.8 Å². The van der Waals surface area contributed by atoms with E-state index in [-0.39, 0.29) is 23.0 Å². The van der Waals surface area contributed by atoms with E-state index in [0.717, 1.165) is 42.9 Å². The van der Waals surface area contributed by atoms with Crippen molar-refractivity contribution in [2.24, 2.45) is 0 Å². The third-order valence-electron chi connectivity index (χ3n) is 4.88. The minimum absolute atomic E-state index is 0.0854. The Kier molecular flexibility index (Phi) is 4.27. The first-order valence-corrected chi connectivity index (χ1v) is 10.6. The second kappa shape index (κ2) is 6.35. The highest BCUT2D eigenvalue weighted by Gasteiger charge is 2.30. The largest absolute Gasteiger partial charge is 0.490 e. The SMILES string of the molecule is CC(C)c1nc2n(n1)CCC[C@H]2NS(=O)(=O)c1ccc2c(c1)C[C@H](C)O2. The van der Waals surface area contributed by atoms with E-state index in [2.05, 4.69) is 14.8 Å². The maximum Gasteiger partial charge on any atom is 0.241 e. The van der Waals surface area contributed by atoms with E-state index < -0.39 is 10.0 Å². The van der Waals surface area contributed by atoms with Gasteiger partial charge in [-0.15, -0.1) is 0 Å². The van der Waals surface area contributed by atoms with Gasteiger partial charge >= 0.3 is 0 Å². The zero-order chi connectivity index (χ0) is 18.5. The number of aryl methyl sites for hydroxylation is 1. The van der Waals surface area contributed by atoms with Gasteiger partial charge in [0.2, 0.25) is 10.0 Å². The molecular weight excluding hydrogens is 352 g/mol. The number of nitrogens with zero attached hydrogens (tertiary/aromatic N) is 3. The van der Waals surface area contributed by atoms with E-state index in [9.17, 15) is 8.42 Å². The summed E-state index contributed by atoms with van der Waals surface area (Å²) in [5.74, 6) is 2.45. The van der Waals surface area contributed by atoms with Crippen LogP contribution in [0.4, 0.5) is 0 Å². The molecule has 7 nitrogen and oxygen atoms in total. The van der Waals surface area contributed by atoms with E-state index >= 15 is 0 Å². The zero-order valence-corrected chi connectivity index (χ0v) is 16.1. The summed E-state index contributed by atoms with van der Waals surface area (Å²) in [6, 6.07) is 4.71. The topological polar surface area (TPSA) is 86.1 Å².